The first-order valence-electron chi connectivity index (χ1n) is 8.26. The van der Waals surface area contributed by atoms with Crippen LogP contribution in [0.1, 0.15) is 25.3 Å². The number of nitrogens with zero attached hydrogens (tertiary/aromatic N) is 1. The van der Waals surface area contributed by atoms with Gasteiger partial charge in [0.05, 0.1) is 0 Å². The lowest BCUT2D eigenvalue weighted by Crippen LogP contribution is -2.38. The first-order chi connectivity index (χ1) is 10.7. The molecule has 0 unspecified atom stereocenters. The number of H-pyrrole nitrogens is 1. The number of benzene rings is 1. The molecule has 4 nitrogen and oxygen atoms in total. The van der Waals surface area contributed by atoms with Crippen LogP contribution in [-0.4, -0.2) is 36.1 Å². The number of hydrogen-bond acceptors (Lipinski definition) is 3. The number of aromatic nitrogens is 1. The molecule has 0 spiro atoms. The summed E-state index contributed by atoms with van der Waals surface area (Å²) in [5.74, 6) is 0.875. The largest absolute Gasteiger partial charge is 0.322 e. The second-order valence-electron chi connectivity index (χ2n) is 6.41. The van der Waals surface area contributed by atoms with Crippen LogP contribution >= 0.6 is 0 Å². The molecular weight excluding hydrogens is 274 g/mol. The summed E-state index contributed by atoms with van der Waals surface area (Å²) in [7, 11) is 0. The molecule has 1 aromatic carbocycles. The van der Waals surface area contributed by atoms with E-state index in [1.807, 2.05) is 30.3 Å². The maximum absolute atomic E-state index is 12.1. The Bertz CT molecular complexity index is 671. The Balaban J connectivity index is 1.51. The second kappa shape index (κ2) is 7.07. The minimum atomic E-state index is 0.0120. The number of para-hydroxylation sites is 1. The van der Waals surface area contributed by atoms with Gasteiger partial charge in [-0.15, -0.1) is 0 Å². The molecule has 3 rings (SSSR count). The van der Waals surface area contributed by atoms with Gasteiger partial charge in [-0.25, -0.2) is 0 Å². The number of hydrogen-bond donors (Lipinski definition) is 2. The van der Waals surface area contributed by atoms with Crippen LogP contribution in [0.3, 0.4) is 0 Å². The molecule has 118 valence electrons. The third-order valence-corrected chi connectivity index (χ3v) is 4.63. The summed E-state index contributed by atoms with van der Waals surface area (Å²) < 4.78 is 0. The lowest BCUT2D eigenvalue weighted by molar-refractivity contribution is 0.193. The van der Waals surface area contributed by atoms with Crippen molar-refractivity contribution in [2.75, 3.05) is 26.2 Å². The Morgan fingerprint density at radius 1 is 1.27 bits per heavy atom. The fourth-order valence-electron chi connectivity index (χ4n) is 3.07. The normalized spacial score (nSPS) is 17.1. The Labute approximate surface area is 131 Å². The molecule has 1 aliphatic heterocycles. The van der Waals surface area contributed by atoms with Crippen molar-refractivity contribution in [3.63, 3.8) is 0 Å². The van der Waals surface area contributed by atoms with Gasteiger partial charge < -0.3 is 15.2 Å². The van der Waals surface area contributed by atoms with E-state index in [-0.39, 0.29) is 5.56 Å². The number of nitrogens with one attached hydrogen (secondary N) is 2. The Morgan fingerprint density at radius 2 is 2.05 bits per heavy atom. The van der Waals surface area contributed by atoms with Crippen LogP contribution in [0, 0.1) is 5.92 Å². The van der Waals surface area contributed by atoms with E-state index in [0.717, 1.165) is 35.5 Å². The van der Waals surface area contributed by atoms with Gasteiger partial charge in [0.25, 0.3) is 5.56 Å². The fraction of sp³-hybridized carbons (Fsp3) is 0.500. The van der Waals surface area contributed by atoms with Crippen molar-refractivity contribution in [2.45, 2.75) is 26.3 Å². The summed E-state index contributed by atoms with van der Waals surface area (Å²) in [5.41, 5.74) is 1.72. The number of fused-ring (bicyclic) bond motifs is 1. The van der Waals surface area contributed by atoms with Crippen molar-refractivity contribution in [3.8, 4) is 0 Å². The highest BCUT2D eigenvalue weighted by Gasteiger charge is 2.14. The van der Waals surface area contributed by atoms with Crippen molar-refractivity contribution in [1.82, 2.24) is 15.2 Å². The zero-order valence-corrected chi connectivity index (χ0v) is 13.3. The van der Waals surface area contributed by atoms with Gasteiger partial charge in [0.2, 0.25) is 0 Å². The molecule has 1 aromatic heterocycles. The van der Waals surface area contributed by atoms with Crippen LogP contribution in [0.5, 0.6) is 0 Å². The number of aromatic amines is 1. The van der Waals surface area contributed by atoms with E-state index in [9.17, 15) is 4.79 Å². The topological polar surface area (TPSA) is 48.1 Å². The Morgan fingerprint density at radius 3 is 2.86 bits per heavy atom. The van der Waals surface area contributed by atoms with Gasteiger partial charge in [-0.05, 0) is 49.4 Å². The molecule has 1 saturated heterocycles. The predicted octanol–water partition coefficient (Wildman–Crippen LogP) is 2.35. The molecule has 0 bridgehead atoms. The molecule has 0 aliphatic carbocycles. The second-order valence-corrected chi connectivity index (χ2v) is 6.41. The highest BCUT2D eigenvalue weighted by Crippen LogP contribution is 2.15. The molecular formula is C18H25N3O. The molecule has 2 aromatic rings. The SMILES string of the molecule is CC1CCN(CCNCc2cc3ccccc3[nH]c2=O)CC1. The van der Waals surface area contributed by atoms with Crippen LogP contribution in [0.25, 0.3) is 10.9 Å². The average molecular weight is 299 g/mol. The van der Waals surface area contributed by atoms with E-state index < -0.39 is 0 Å². The van der Waals surface area contributed by atoms with E-state index in [2.05, 4.69) is 22.1 Å². The minimum Gasteiger partial charge on any atom is -0.322 e. The van der Waals surface area contributed by atoms with Crippen LogP contribution in [0.15, 0.2) is 35.1 Å². The van der Waals surface area contributed by atoms with Gasteiger partial charge >= 0.3 is 0 Å². The minimum absolute atomic E-state index is 0.0120. The van der Waals surface area contributed by atoms with Crippen molar-refractivity contribution in [2.24, 2.45) is 5.92 Å². The fourth-order valence-corrected chi connectivity index (χ4v) is 3.07. The number of rotatable bonds is 5. The molecule has 0 radical (unpaired) electrons. The molecule has 0 saturated carbocycles. The summed E-state index contributed by atoms with van der Waals surface area (Å²) >= 11 is 0. The van der Waals surface area contributed by atoms with Crippen molar-refractivity contribution < 1.29 is 0 Å². The molecule has 2 N–H and O–H groups in total. The lowest BCUT2D eigenvalue weighted by Gasteiger charge is -2.30. The predicted molar refractivity (Wildman–Crippen MR) is 91.1 cm³/mol. The van der Waals surface area contributed by atoms with Crippen LogP contribution in [0.2, 0.25) is 0 Å². The summed E-state index contributed by atoms with van der Waals surface area (Å²) in [6, 6.07) is 9.89. The first-order valence-corrected chi connectivity index (χ1v) is 8.26. The molecule has 0 atom stereocenters. The molecule has 22 heavy (non-hydrogen) atoms. The standard InChI is InChI=1S/C18H25N3O/c1-14-6-9-21(10-7-14)11-8-19-13-16-12-15-4-2-3-5-17(15)20-18(16)22/h2-5,12,14,19H,6-11,13H2,1H3,(H,20,22). The van der Waals surface area contributed by atoms with Gasteiger partial charge in [0, 0.05) is 30.7 Å². The third-order valence-electron chi connectivity index (χ3n) is 4.63. The highest BCUT2D eigenvalue weighted by molar-refractivity contribution is 5.78. The quantitative estimate of drug-likeness (QED) is 0.833. The lowest BCUT2D eigenvalue weighted by atomic mass is 9.99. The summed E-state index contributed by atoms with van der Waals surface area (Å²) in [4.78, 5) is 17.5. The number of pyridine rings is 1. The summed E-state index contributed by atoms with van der Waals surface area (Å²) in [5, 5.41) is 4.49. The van der Waals surface area contributed by atoms with Crippen molar-refractivity contribution >= 4 is 10.9 Å². The van der Waals surface area contributed by atoms with Crippen molar-refractivity contribution in [3.05, 3.63) is 46.2 Å². The van der Waals surface area contributed by atoms with Gasteiger partial charge in [0.1, 0.15) is 0 Å². The first kappa shape index (κ1) is 15.3. The smallest absolute Gasteiger partial charge is 0.252 e. The molecule has 4 heteroatoms. The van der Waals surface area contributed by atoms with Gasteiger partial charge in [-0.3, -0.25) is 4.79 Å². The summed E-state index contributed by atoms with van der Waals surface area (Å²) in [6.45, 7) is 7.38. The molecule has 1 aliphatic rings. The van der Waals surface area contributed by atoms with E-state index in [1.165, 1.54) is 25.9 Å². The zero-order chi connectivity index (χ0) is 15.4. The van der Waals surface area contributed by atoms with E-state index in [4.69, 9.17) is 0 Å². The number of likely N-dealkylation sites (tertiary alicyclic amines) is 1. The Kier molecular flexibility index (Phi) is 4.90. The van der Waals surface area contributed by atoms with Crippen molar-refractivity contribution in [1.29, 1.82) is 0 Å². The van der Waals surface area contributed by atoms with E-state index in [0.29, 0.717) is 6.54 Å². The van der Waals surface area contributed by atoms with Crippen LogP contribution < -0.4 is 10.9 Å². The van der Waals surface area contributed by atoms with Crippen LogP contribution in [0.4, 0.5) is 0 Å². The number of piperidine rings is 1. The molecule has 1 fully saturated rings. The zero-order valence-electron chi connectivity index (χ0n) is 13.3. The van der Waals surface area contributed by atoms with Crippen LogP contribution in [-0.2, 0) is 6.54 Å². The average Bonchev–Trinajstić information content (AvgIpc) is 2.53. The molecule has 0 amide bonds. The van der Waals surface area contributed by atoms with E-state index >= 15 is 0 Å². The maximum atomic E-state index is 12.1. The maximum Gasteiger partial charge on any atom is 0.252 e. The van der Waals surface area contributed by atoms with Gasteiger partial charge in [0.15, 0.2) is 0 Å². The summed E-state index contributed by atoms with van der Waals surface area (Å²) in [6.07, 6.45) is 2.62. The van der Waals surface area contributed by atoms with Gasteiger partial charge in [-0.2, -0.15) is 0 Å². The third kappa shape index (κ3) is 3.76. The van der Waals surface area contributed by atoms with Gasteiger partial charge in [-0.1, -0.05) is 25.1 Å². The van der Waals surface area contributed by atoms with E-state index in [1.54, 1.807) is 0 Å². The molecule has 2 heterocycles. The monoisotopic (exact) mass is 299 g/mol. The highest BCUT2D eigenvalue weighted by atomic mass is 16.1. The Hall–Kier alpha value is -1.65.